The van der Waals surface area contributed by atoms with Crippen LogP contribution in [-0.2, 0) is 6.42 Å². The van der Waals surface area contributed by atoms with Crippen molar-refractivity contribution in [3.63, 3.8) is 0 Å². The zero-order valence-corrected chi connectivity index (χ0v) is 15.0. The lowest BCUT2D eigenvalue weighted by Crippen LogP contribution is -2.18. The summed E-state index contributed by atoms with van der Waals surface area (Å²) in [5, 5.41) is 4.94. The van der Waals surface area contributed by atoms with Crippen molar-refractivity contribution in [2.75, 3.05) is 10.6 Å². The summed E-state index contributed by atoms with van der Waals surface area (Å²) >= 11 is 0. The molecule has 7 heteroatoms. The predicted molar refractivity (Wildman–Crippen MR) is 102 cm³/mol. The molecule has 1 aromatic heterocycles. The molecule has 0 aliphatic carbocycles. The van der Waals surface area contributed by atoms with Gasteiger partial charge in [-0.05, 0) is 42.3 Å². The largest absolute Gasteiger partial charge is 0.322 e. The van der Waals surface area contributed by atoms with E-state index < -0.39 is 29.1 Å². The molecule has 0 saturated heterocycles. The number of hydrogen-bond acceptors (Lipinski definition) is 3. The number of aryl methyl sites for hydroxylation is 1. The summed E-state index contributed by atoms with van der Waals surface area (Å²) in [7, 11) is 0. The summed E-state index contributed by atoms with van der Waals surface area (Å²) in [4.78, 5) is 28.7. The normalized spacial score (nSPS) is 10.4. The second-order valence-corrected chi connectivity index (χ2v) is 5.95. The first-order valence-corrected chi connectivity index (χ1v) is 8.60. The predicted octanol–water partition coefficient (Wildman–Crippen LogP) is 4.43. The van der Waals surface area contributed by atoms with Gasteiger partial charge in [0.05, 0.1) is 0 Å². The fourth-order valence-corrected chi connectivity index (χ4v) is 2.64. The van der Waals surface area contributed by atoms with E-state index in [2.05, 4.69) is 15.6 Å². The topological polar surface area (TPSA) is 71.1 Å². The molecule has 2 aromatic carbocycles. The number of carbonyl (C=O) groups excluding carboxylic acids is 2. The monoisotopic (exact) mass is 381 g/mol. The molecule has 0 spiro atoms. The Kier molecular flexibility index (Phi) is 5.74. The highest BCUT2D eigenvalue weighted by Gasteiger charge is 2.16. The number of halogens is 2. The maximum atomic E-state index is 13.7. The smallest absolute Gasteiger partial charge is 0.274 e. The second-order valence-electron chi connectivity index (χ2n) is 5.95. The summed E-state index contributed by atoms with van der Waals surface area (Å²) in [5.41, 5.74) is 1.13. The van der Waals surface area contributed by atoms with Crippen LogP contribution in [0.15, 0.2) is 60.8 Å². The number of amides is 2. The highest BCUT2D eigenvalue weighted by molar-refractivity contribution is 6.08. The highest BCUT2D eigenvalue weighted by atomic mass is 19.1. The molecule has 1 heterocycles. The first-order chi connectivity index (χ1) is 13.5. The molecule has 2 N–H and O–H groups in total. The minimum absolute atomic E-state index is 0.140. The van der Waals surface area contributed by atoms with Gasteiger partial charge in [-0.25, -0.2) is 8.78 Å². The Morgan fingerprint density at radius 2 is 1.64 bits per heavy atom. The van der Waals surface area contributed by atoms with Crippen LogP contribution in [0.3, 0.4) is 0 Å². The summed E-state index contributed by atoms with van der Waals surface area (Å²) in [6.07, 6.45) is 2.03. The molecule has 0 bridgehead atoms. The van der Waals surface area contributed by atoms with E-state index in [1.807, 2.05) is 25.1 Å². The Morgan fingerprint density at radius 1 is 0.929 bits per heavy atom. The number of benzene rings is 2. The third kappa shape index (κ3) is 4.20. The summed E-state index contributed by atoms with van der Waals surface area (Å²) in [6.45, 7) is 1.97. The van der Waals surface area contributed by atoms with E-state index >= 15 is 0 Å². The number of rotatable bonds is 5. The van der Waals surface area contributed by atoms with Crippen LogP contribution in [0.5, 0.6) is 0 Å². The maximum absolute atomic E-state index is 13.7. The third-order valence-electron chi connectivity index (χ3n) is 4.10. The van der Waals surface area contributed by atoms with Crippen LogP contribution in [0.1, 0.15) is 33.3 Å². The number of nitrogens with one attached hydrogen (secondary N) is 2. The number of nitrogens with zero attached hydrogens (tertiary/aromatic N) is 1. The molecule has 0 atom stereocenters. The molecular weight excluding hydrogens is 364 g/mol. The Labute approximate surface area is 160 Å². The molecule has 0 aliphatic rings. The van der Waals surface area contributed by atoms with Gasteiger partial charge >= 0.3 is 0 Å². The standard InChI is InChI=1S/C21H17F2N3O2/c1-2-13-6-3-4-9-17(13)25-20(27)14-10-11-24-18(12-14)21(28)26-19-15(22)7-5-8-16(19)23/h3-12H,2H2,1H3,(H,25,27)(H,26,28). The summed E-state index contributed by atoms with van der Waals surface area (Å²) in [6, 6.07) is 13.3. The summed E-state index contributed by atoms with van der Waals surface area (Å²) < 4.78 is 27.4. The average molecular weight is 381 g/mol. The van der Waals surface area contributed by atoms with Crippen molar-refractivity contribution in [1.82, 2.24) is 4.98 Å². The first kappa shape index (κ1) is 19.2. The molecule has 0 fully saturated rings. The minimum Gasteiger partial charge on any atom is -0.322 e. The molecule has 0 unspecified atom stereocenters. The Balaban J connectivity index is 1.80. The number of hydrogen-bond donors (Lipinski definition) is 2. The van der Waals surface area contributed by atoms with Gasteiger partial charge in [-0.15, -0.1) is 0 Å². The lowest BCUT2D eigenvalue weighted by Gasteiger charge is -2.10. The van der Waals surface area contributed by atoms with E-state index in [1.165, 1.54) is 24.4 Å². The van der Waals surface area contributed by atoms with Crippen LogP contribution < -0.4 is 10.6 Å². The molecule has 0 saturated carbocycles. The Hall–Kier alpha value is -3.61. The number of pyridine rings is 1. The van der Waals surface area contributed by atoms with E-state index in [0.29, 0.717) is 5.69 Å². The van der Waals surface area contributed by atoms with Crippen LogP contribution in [-0.4, -0.2) is 16.8 Å². The highest BCUT2D eigenvalue weighted by Crippen LogP contribution is 2.19. The molecule has 28 heavy (non-hydrogen) atoms. The number of carbonyl (C=O) groups is 2. The van der Waals surface area contributed by atoms with Gasteiger partial charge in [-0.1, -0.05) is 31.2 Å². The van der Waals surface area contributed by atoms with Crippen molar-refractivity contribution in [3.05, 3.63) is 89.2 Å². The maximum Gasteiger partial charge on any atom is 0.274 e. The van der Waals surface area contributed by atoms with Crippen molar-refractivity contribution in [2.24, 2.45) is 0 Å². The second kappa shape index (κ2) is 8.39. The van der Waals surface area contributed by atoms with Crippen LogP contribution in [0.4, 0.5) is 20.2 Å². The van der Waals surface area contributed by atoms with Gasteiger partial charge in [0.25, 0.3) is 11.8 Å². The van der Waals surface area contributed by atoms with E-state index in [-0.39, 0.29) is 11.3 Å². The van der Waals surface area contributed by atoms with E-state index in [0.717, 1.165) is 24.1 Å². The van der Waals surface area contributed by atoms with E-state index in [9.17, 15) is 18.4 Å². The van der Waals surface area contributed by atoms with Crippen LogP contribution in [0.25, 0.3) is 0 Å². The fraction of sp³-hybridized carbons (Fsp3) is 0.0952. The molecule has 2 amide bonds. The zero-order valence-electron chi connectivity index (χ0n) is 15.0. The molecule has 3 aromatic rings. The van der Waals surface area contributed by atoms with E-state index in [1.54, 1.807) is 6.07 Å². The van der Waals surface area contributed by atoms with Gasteiger partial charge in [0.1, 0.15) is 23.0 Å². The van der Waals surface area contributed by atoms with Crippen molar-refractivity contribution < 1.29 is 18.4 Å². The Bertz CT molecular complexity index is 1020. The molecule has 5 nitrogen and oxygen atoms in total. The van der Waals surface area contributed by atoms with Crippen molar-refractivity contribution in [1.29, 1.82) is 0 Å². The SMILES string of the molecule is CCc1ccccc1NC(=O)c1ccnc(C(=O)Nc2c(F)cccc2F)c1. The van der Waals surface area contributed by atoms with Crippen molar-refractivity contribution in [2.45, 2.75) is 13.3 Å². The summed E-state index contributed by atoms with van der Waals surface area (Å²) in [5.74, 6) is -3.06. The van der Waals surface area contributed by atoms with Gasteiger partial charge in [-0.3, -0.25) is 14.6 Å². The molecule has 3 rings (SSSR count). The first-order valence-electron chi connectivity index (χ1n) is 8.60. The number of para-hydroxylation sites is 2. The quantitative estimate of drug-likeness (QED) is 0.687. The van der Waals surface area contributed by atoms with Gasteiger partial charge in [0.2, 0.25) is 0 Å². The van der Waals surface area contributed by atoms with Gasteiger partial charge in [0.15, 0.2) is 0 Å². The molecule has 0 aliphatic heterocycles. The molecular formula is C21H17F2N3O2. The van der Waals surface area contributed by atoms with Crippen molar-refractivity contribution >= 4 is 23.2 Å². The van der Waals surface area contributed by atoms with Gasteiger partial charge in [-0.2, -0.15) is 0 Å². The lowest BCUT2D eigenvalue weighted by molar-refractivity contribution is 0.102. The lowest BCUT2D eigenvalue weighted by atomic mass is 10.1. The van der Waals surface area contributed by atoms with E-state index in [4.69, 9.17) is 0 Å². The number of aromatic nitrogens is 1. The minimum atomic E-state index is -0.904. The fourth-order valence-electron chi connectivity index (χ4n) is 2.64. The van der Waals surface area contributed by atoms with Crippen LogP contribution >= 0.6 is 0 Å². The number of anilines is 2. The van der Waals surface area contributed by atoms with Crippen LogP contribution in [0.2, 0.25) is 0 Å². The average Bonchev–Trinajstić information content (AvgIpc) is 2.71. The molecule has 0 radical (unpaired) electrons. The van der Waals surface area contributed by atoms with Crippen molar-refractivity contribution in [3.8, 4) is 0 Å². The molecule has 142 valence electrons. The van der Waals surface area contributed by atoms with Gasteiger partial charge in [0, 0.05) is 17.4 Å². The zero-order chi connectivity index (χ0) is 20.1. The third-order valence-corrected chi connectivity index (χ3v) is 4.10. The van der Waals surface area contributed by atoms with Gasteiger partial charge < -0.3 is 10.6 Å². The Morgan fingerprint density at radius 3 is 2.36 bits per heavy atom. The van der Waals surface area contributed by atoms with Crippen LogP contribution in [0, 0.1) is 11.6 Å².